The van der Waals surface area contributed by atoms with E-state index in [9.17, 15) is 0 Å². The Morgan fingerprint density at radius 2 is 1.82 bits per heavy atom. The van der Waals surface area contributed by atoms with Gasteiger partial charge in [-0.25, -0.2) is 4.99 Å². The van der Waals surface area contributed by atoms with Gasteiger partial charge >= 0.3 is 0 Å². The topological polar surface area (TPSA) is 15.6 Å². The predicted octanol–water partition coefficient (Wildman–Crippen LogP) is 5.16. The molecule has 0 amide bonds. The highest BCUT2D eigenvalue weighted by Gasteiger charge is 2.06. The van der Waals surface area contributed by atoms with Crippen molar-refractivity contribution < 1.29 is 0 Å². The third kappa shape index (κ3) is 4.35. The van der Waals surface area contributed by atoms with Crippen molar-refractivity contribution in [2.75, 3.05) is 13.6 Å². The number of benzene rings is 2. The molecule has 0 radical (unpaired) electrons. The van der Waals surface area contributed by atoms with Crippen molar-refractivity contribution in [3.05, 3.63) is 63.7 Å². The molecule has 0 N–H and O–H groups in total. The Labute approximate surface area is 138 Å². The third-order valence-corrected chi connectivity index (χ3v) is 4.12. The lowest BCUT2D eigenvalue weighted by Gasteiger charge is -2.11. The minimum atomic E-state index is 0.702. The van der Waals surface area contributed by atoms with Crippen LogP contribution in [0.25, 0.3) is 0 Å². The van der Waals surface area contributed by atoms with E-state index in [4.69, 9.17) is 11.6 Å². The molecule has 0 aliphatic rings. The maximum Gasteiger partial charge on any atom is 0.0910 e. The Bertz CT molecular complexity index is 660. The summed E-state index contributed by atoms with van der Waals surface area (Å²) in [5.74, 6) is 0. The van der Waals surface area contributed by atoms with Crippen LogP contribution >= 0.6 is 11.6 Å². The van der Waals surface area contributed by atoms with E-state index in [0.29, 0.717) is 5.02 Å². The summed E-state index contributed by atoms with van der Waals surface area (Å²) in [4.78, 5) is 6.49. The largest absolute Gasteiger partial charge is 0.366 e. The van der Waals surface area contributed by atoms with Crippen molar-refractivity contribution in [1.29, 1.82) is 0 Å². The molecule has 0 aliphatic heterocycles. The van der Waals surface area contributed by atoms with Crippen LogP contribution in [-0.4, -0.2) is 24.8 Å². The number of aliphatic imine (C=N–C) groups is 1. The van der Waals surface area contributed by atoms with Crippen LogP contribution in [0.5, 0.6) is 0 Å². The van der Waals surface area contributed by atoms with Crippen LogP contribution in [0.2, 0.25) is 5.02 Å². The van der Waals surface area contributed by atoms with Gasteiger partial charge in [-0.05, 0) is 56.0 Å². The summed E-state index contributed by atoms with van der Waals surface area (Å²) in [6, 6.07) is 12.7. The minimum absolute atomic E-state index is 0.702. The summed E-state index contributed by atoms with van der Waals surface area (Å²) in [6.45, 7) is 7.23. The summed E-state index contributed by atoms with van der Waals surface area (Å²) >= 11 is 6.39. The number of nitrogens with zero attached hydrogens (tertiary/aromatic N) is 2. The first kappa shape index (κ1) is 16.6. The van der Waals surface area contributed by atoms with Gasteiger partial charge in [0.1, 0.15) is 0 Å². The van der Waals surface area contributed by atoms with Crippen LogP contribution in [0.15, 0.2) is 41.4 Å². The second-order valence-electron chi connectivity index (χ2n) is 5.71. The van der Waals surface area contributed by atoms with Crippen LogP contribution in [0.4, 0.5) is 5.69 Å². The molecule has 0 aromatic heterocycles. The number of aryl methyl sites for hydroxylation is 2. The Hall–Kier alpha value is -1.80. The molecule has 0 bridgehead atoms. The number of hydrogen-bond acceptors (Lipinski definition) is 1. The van der Waals surface area contributed by atoms with Gasteiger partial charge < -0.3 is 4.90 Å². The number of hydrogen-bond donors (Lipinski definition) is 0. The molecule has 2 aromatic rings. The van der Waals surface area contributed by atoms with Crippen molar-refractivity contribution in [2.24, 2.45) is 4.99 Å². The van der Waals surface area contributed by atoms with Gasteiger partial charge in [0.05, 0.1) is 17.0 Å². The Balaban J connectivity index is 2.22. The average molecular weight is 315 g/mol. The van der Waals surface area contributed by atoms with E-state index in [0.717, 1.165) is 18.7 Å². The zero-order chi connectivity index (χ0) is 16.1. The van der Waals surface area contributed by atoms with E-state index in [1.165, 1.54) is 22.3 Å². The Morgan fingerprint density at radius 1 is 1.14 bits per heavy atom. The van der Waals surface area contributed by atoms with Gasteiger partial charge in [-0.1, -0.05) is 41.4 Å². The number of halogens is 1. The highest BCUT2D eigenvalue weighted by Crippen LogP contribution is 2.29. The van der Waals surface area contributed by atoms with Gasteiger partial charge in [-0.3, -0.25) is 0 Å². The average Bonchev–Trinajstić information content (AvgIpc) is 2.51. The molecule has 2 aromatic carbocycles. The monoisotopic (exact) mass is 314 g/mol. The first-order chi connectivity index (χ1) is 10.5. The van der Waals surface area contributed by atoms with Crippen LogP contribution in [0.3, 0.4) is 0 Å². The van der Waals surface area contributed by atoms with Crippen molar-refractivity contribution in [3.63, 3.8) is 0 Å². The molecule has 116 valence electrons. The van der Waals surface area contributed by atoms with E-state index in [1.54, 1.807) is 0 Å². The van der Waals surface area contributed by atoms with Crippen molar-refractivity contribution in [2.45, 2.75) is 27.2 Å². The summed E-state index contributed by atoms with van der Waals surface area (Å²) in [5, 5.41) is 0.702. The van der Waals surface area contributed by atoms with Crippen LogP contribution in [0, 0.1) is 13.8 Å². The summed E-state index contributed by atoms with van der Waals surface area (Å²) < 4.78 is 0. The molecule has 0 aliphatic carbocycles. The molecule has 0 spiro atoms. The second kappa shape index (κ2) is 7.46. The maximum absolute atomic E-state index is 6.39. The Morgan fingerprint density at radius 3 is 2.45 bits per heavy atom. The van der Waals surface area contributed by atoms with Crippen molar-refractivity contribution in [3.8, 4) is 0 Å². The normalized spacial score (nSPS) is 11.1. The molecule has 0 unspecified atom stereocenters. The molecule has 0 atom stereocenters. The van der Waals surface area contributed by atoms with Crippen LogP contribution in [-0.2, 0) is 6.42 Å². The lowest BCUT2D eigenvalue weighted by Crippen LogP contribution is -2.14. The summed E-state index contributed by atoms with van der Waals surface area (Å²) in [7, 11) is 2.00. The fourth-order valence-corrected chi connectivity index (χ4v) is 2.40. The predicted molar refractivity (Wildman–Crippen MR) is 96.6 cm³/mol. The molecule has 0 saturated heterocycles. The Kier molecular flexibility index (Phi) is 5.62. The van der Waals surface area contributed by atoms with Crippen LogP contribution in [0.1, 0.15) is 29.2 Å². The zero-order valence-corrected chi connectivity index (χ0v) is 14.5. The molecular weight excluding hydrogens is 292 g/mol. The third-order valence-electron chi connectivity index (χ3n) is 3.81. The van der Waals surface area contributed by atoms with E-state index in [1.807, 2.05) is 24.4 Å². The molecule has 2 rings (SSSR count). The summed E-state index contributed by atoms with van der Waals surface area (Å²) in [5.41, 5.74) is 5.87. The smallest absolute Gasteiger partial charge is 0.0910 e. The first-order valence-electron chi connectivity index (χ1n) is 7.58. The van der Waals surface area contributed by atoms with Crippen LogP contribution < -0.4 is 0 Å². The van der Waals surface area contributed by atoms with Gasteiger partial charge in [-0.15, -0.1) is 0 Å². The van der Waals surface area contributed by atoms with E-state index in [-0.39, 0.29) is 0 Å². The SMILES string of the molecule is CCN(C)C=Nc1cc(C)c(Cc2ccc(C)cc2)cc1Cl. The van der Waals surface area contributed by atoms with Gasteiger partial charge in [0, 0.05) is 13.6 Å². The molecular formula is C19H23ClN2. The van der Waals surface area contributed by atoms with Gasteiger partial charge in [0.15, 0.2) is 0 Å². The van der Waals surface area contributed by atoms with Gasteiger partial charge in [-0.2, -0.15) is 0 Å². The lowest BCUT2D eigenvalue weighted by atomic mass is 9.99. The zero-order valence-electron chi connectivity index (χ0n) is 13.7. The fraction of sp³-hybridized carbons (Fsp3) is 0.316. The van der Waals surface area contributed by atoms with Gasteiger partial charge in [0.25, 0.3) is 0 Å². The van der Waals surface area contributed by atoms with Crippen molar-refractivity contribution in [1.82, 2.24) is 4.90 Å². The highest BCUT2D eigenvalue weighted by atomic mass is 35.5. The molecule has 2 nitrogen and oxygen atoms in total. The molecule has 0 heterocycles. The van der Waals surface area contributed by atoms with E-state index in [2.05, 4.69) is 56.1 Å². The van der Waals surface area contributed by atoms with Crippen molar-refractivity contribution >= 4 is 23.6 Å². The molecule has 22 heavy (non-hydrogen) atoms. The lowest BCUT2D eigenvalue weighted by molar-refractivity contribution is 0.552. The summed E-state index contributed by atoms with van der Waals surface area (Å²) in [6.07, 6.45) is 2.71. The van der Waals surface area contributed by atoms with E-state index >= 15 is 0 Å². The molecule has 0 saturated carbocycles. The standard InChI is InChI=1S/C19H23ClN2/c1-5-22(4)13-21-19-10-15(3)17(12-18(19)20)11-16-8-6-14(2)7-9-16/h6-10,12-13H,5,11H2,1-4H3. The molecule has 3 heteroatoms. The fourth-order valence-electron chi connectivity index (χ4n) is 2.17. The first-order valence-corrected chi connectivity index (χ1v) is 7.96. The maximum atomic E-state index is 6.39. The van der Waals surface area contributed by atoms with Gasteiger partial charge in [0.2, 0.25) is 0 Å². The quantitative estimate of drug-likeness (QED) is 0.550. The molecule has 0 fully saturated rings. The second-order valence-corrected chi connectivity index (χ2v) is 6.12. The minimum Gasteiger partial charge on any atom is -0.366 e. The number of rotatable bonds is 5. The van der Waals surface area contributed by atoms with E-state index < -0.39 is 0 Å². The highest BCUT2D eigenvalue weighted by molar-refractivity contribution is 6.33.